The molecular formula is C7H14O. The monoisotopic (exact) mass is 114 g/mol. The Labute approximate surface area is 51.0 Å². The van der Waals surface area contributed by atoms with E-state index in [4.69, 9.17) is 5.11 Å². The van der Waals surface area contributed by atoms with Gasteiger partial charge in [-0.05, 0) is 12.3 Å². The van der Waals surface area contributed by atoms with Crippen LogP contribution in [0.15, 0.2) is 12.7 Å². The first-order valence-corrected chi connectivity index (χ1v) is 3.03. The van der Waals surface area contributed by atoms with Crippen LogP contribution in [0.1, 0.15) is 20.3 Å². The van der Waals surface area contributed by atoms with E-state index in [1.807, 2.05) is 13.8 Å². The van der Waals surface area contributed by atoms with Gasteiger partial charge >= 0.3 is 0 Å². The Morgan fingerprint density at radius 1 is 1.75 bits per heavy atom. The van der Waals surface area contributed by atoms with Gasteiger partial charge in [0.1, 0.15) is 0 Å². The Morgan fingerprint density at radius 2 is 2.25 bits per heavy atom. The molecule has 1 N–H and O–H groups in total. The first kappa shape index (κ1) is 7.70. The molecule has 0 aromatic carbocycles. The van der Waals surface area contributed by atoms with Crippen molar-refractivity contribution >= 4 is 0 Å². The molecule has 0 aliphatic rings. The zero-order valence-corrected chi connectivity index (χ0v) is 5.59. The van der Waals surface area contributed by atoms with Crippen LogP contribution < -0.4 is 0 Å². The number of aliphatic hydroxyl groups is 1. The van der Waals surface area contributed by atoms with Gasteiger partial charge in [0.2, 0.25) is 0 Å². The van der Waals surface area contributed by atoms with Crippen LogP contribution in [0.3, 0.4) is 0 Å². The lowest BCUT2D eigenvalue weighted by atomic mass is 10.0. The summed E-state index contributed by atoms with van der Waals surface area (Å²) < 4.78 is 0. The molecule has 0 heterocycles. The van der Waals surface area contributed by atoms with E-state index in [2.05, 4.69) is 6.58 Å². The SMILES string of the molecule is C=C[C@H](C)[C@H](O)CC. The topological polar surface area (TPSA) is 20.2 Å². The van der Waals surface area contributed by atoms with Crippen LogP contribution in [0.5, 0.6) is 0 Å². The molecule has 0 radical (unpaired) electrons. The van der Waals surface area contributed by atoms with Crippen molar-refractivity contribution in [2.75, 3.05) is 0 Å². The molecular weight excluding hydrogens is 100 g/mol. The van der Waals surface area contributed by atoms with Crippen LogP contribution in [0, 0.1) is 5.92 Å². The molecule has 0 spiro atoms. The third-order valence-corrected chi connectivity index (χ3v) is 1.40. The summed E-state index contributed by atoms with van der Waals surface area (Å²) in [6.07, 6.45) is 2.38. The maximum Gasteiger partial charge on any atom is 0.0597 e. The van der Waals surface area contributed by atoms with Crippen molar-refractivity contribution in [1.29, 1.82) is 0 Å². The predicted molar refractivity (Wildman–Crippen MR) is 35.7 cm³/mol. The van der Waals surface area contributed by atoms with Crippen LogP contribution >= 0.6 is 0 Å². The highest BCUT2D eigenvalue weighted by atomic mass is 16.3. The summed E-state index contributed by atoms with van der Waals surface area (Å²) in [5.74, 6) is 0.236. The summed E-state index contributed by atoms with van der Waals surface area (Å²) in [6.45, 7) is 7.49. The van der Waals surface area contributed by atoms with Crippen LogP contribution in [-0.4, -0.2) is 11.2 Å². The molecule has 2 atom stereocenters. The van der Waals surface area contributed by atoms with Crippen molar-refractivity contribution in [2.45, 2.75) is 26.4 Å². The van der Waals surface area contributed by atoms with Gasteiger partial charge in [-0.2, -0.15) is 0 Å². The molecule has 0 saturated carbocycles. The van der Waals surface area contributed by atoms with Crippen LogP contribution in [0.25, 0.3) is 0 Å². The van der Waals surface area contributed by atoms with E-state index < -0.39 is 0 Å². The number of hydrogen-bond acceptors (Lipinski definition) is 1. The van der Waals surface area contributed by atoms with Crippen LogP contribution in [0.4, 0.5) is 0 Å². The second kappa shape index (κ2) is 3.67. The van der Waals surface area contributed by atoms with Crippen molar-refractivity contribution in [3.8, 4) is 0 Å². The fourth-order valence-corrected chi connectivity index (χ4v) is 0.529. The van der Waals surface area contributed by atoms with Crippen LogP contribution in [0.2, 0.25) is 0 Å². The molecule has 0 amide bonds. The largest absolute Gasteiger partial charge is 0.393 e. The highest BCUT2D eigenvalue weighted by Gasteiger charge is 2.05. The van der Waals surface area contributed by atoms with Gasteiger partial charge in [0.05, 0.1) is 6.10 Å². The van der Waals surface area contributed by atoms with Crippen LogP contribution in [-0.2, 0) is 0 Å². The third-order valence-electron chi connectivity index (χ3n) is 1.40. The second-order valence-electron chi connectivity index (χ2n) is 2.07. The van der Waals surface area contributed by atoms with Crippen molar-refractivity contribution in [1.82, 2.24) is 0 Å². The average molecular weight is 114 g/mol. The predicted octanol–water partition coefficient (Wildman–Crippen LogP) is 1.58. The van der Waals surface area contributed by atoms with Gasteiger partial charge in [-0.25, -0.2) is 0 Å². The van der Waals surface area contributed by atoms with Gasteiger partial charge in [-0.3, -0.25) is 0 Å². The summed E-state index contributed by atoms with van der Waals surface area (Å²) in [5, 5.41) is 9.06. The number of aliphatic hydroxyl groups excluding tert-OH is 1. The molecule has 0 rings (SSSR count). The maximum atomic E-state index is 9.06. The minimum Gasteiger partial charge on any atom is -0.393 e. The van der Waals surface area contributed by atoms with Crippen molar-refractivity contribution in [2.24, 2.45) is 5.92 Å². The summed E-state index contributed by atoms with van der Waals surface area (Å²) in [6, 6.07) is 0. The molecule has 1 nitrogen and oxygen atoms in total. The van der Waals surface area contributed by atoms with E-state index in [1.165, 1.54) is 0 Å². The Morgan fingerprint density at radius 3 is 2.38 bits per heavy atom. The summed E-state index contributed by atoms with van der Waals surface area (Å²) in [4.78, 5) is 0. The lowest BCUT2D eigenvalue weighted by molar-refractivity contribution is 0.134. The molecule has 0 saturated heterocycles. The Hall–Kier alpha value is -0.300. The van der Waals surface area contributed by atoms with E-state index in [1.54, 1.807) is 6.08 Å². The first-order valence-electron chi connectivity index (χ1n) is 3.03. The number of hydrogen-bond donors (Lipinski definition) is 1. The molecule has 0 aromatic rings. The van der Waals surface area contributed by atoms with E-state index in [0.29, 0.717) is 0 Å². The van der Waals surface area contributed by atoms with E-state index in [9.17, 15) is 0 Å². The van der Waals surface area contributed by atoms with Crippen molar-refractivity contribution in [3.05, 3.63) is 12.7 Å². The van der Waals surface area contributed by atoms with Gasteiger partial charge < -0.3 is 5.11 Å². The van der Waals surface area contributed by atoms with E-state index in [-0.39, 0.29) is 12.0 Å². The fraction of sp³-hybridized carbons (Fsp3) is 0.714. The molecule has 0 unspecified atom stereocenters. The second-order valence-corrected chi connectivity index (χ2v) is 2.07. The third kappa shape index (κ3) is 2.12. The number of rotatable bonds is 3. The molecule has 1 heteroatoms. The molecule has 8 heavy (non-hydrogen) atoms. The Balaban J connectivity index is 3.44. The summed E-state index contributed by atoms with van der Waals surface area (Å²) in [7, 11) is 0. The lowest BCUT2D eigenvalue weighted by Crippen LogP contribution is -2.13. The quantitative estimate of drug-likeness (QED) is 0.552. The van der Waals surface area contributed by atoms with Gasteiger partial charge in [0.15, 0.2) is 0 Å². The molecule has 48 valence electrons. The van der Waals surface area contributed by atoms with E-state index in [0.717, 1.165) is 6.42 Å². The standard InChI is InChI=1S/C7H14O/c1-4-6(3)7(8)5-2/h4,6-8H,1,5H2,2-3H3/t6-,7+/m0/s1. The summed E-state index contributed by atoms with van der Waals surface area (Å²) in [5.41, 5.74) is 0. The molecule has 0 bridgehead atoms. The van der Waals surface area contributed by atoms with E-state index >= 15 is 0 Å². The van der Waals surface area contributed by atoms with Gasteiger partial charge in [0.25, 0.3) is 0 Å². The maximum absolute atomic E-state index is 9.06. The minimum atomic E-state index is -0.201. The van der Waals surface area contributed by atoms with Gasteiger partial charge in [0, 0.05) is 0 Å². The zero-order chi connectivity index (χ0) is 6.57. The molecule has 0 aromatic heterocycles. The average Bonchev–Trinajstić information content (AvgIpc) is 1.84. The zero-order valence-electron chi connectivity index (χ0n) is 5.59. The van der Waals surface area contributed by atoms with Gasteiger partial charge in [-0.1, -0.05) is 19.9 Å². The molecule has 0 aliphatic heterocycles. The van der Waals surface area contributed by atoms with Crippen molar-refractivity contribution in [3.63, 3.8) is 0 Å². The highest BCUT2D eigenvalue weighted by Crippen LogP contribution is 2.05. The fourth-order valence-electron chi connectivity index (χ4n) is 0.529. The Bertz CT molecular complexity index is 68.8. The smallest absolute Gasteiger partial charge is 0.0597 e. The summed E-state index contributed by atoms with van der Waals surface area (Å²) >= 11 is 0. The molecule has 0 fully saturated rings. The first-order chi connectivity index (χ1) is 3.72. The van der Waals surface area contributed by atoms with Gasteiger partial charge in [-0.15, -0.1) is 6.58 Å². The highest BCUT2D eigenvalue weighted by molar-refractivity contribution is 4.79. The minimum absolute atomic E-state index is 0.201. The van der Waals surface area contributed by atoms with Crippen molar-refractivity contribution < 1.29 is 5.11 Å². The lowest BCUT2D eigenvalue weighted by Gasteiger charge is -2.10. The normalized spacial score (nSPS) is 17.4. The molecule has 0 aliphatic carbocycles. The Kier molecular flexibility index (Phi) is 3.53.